The second-order valence-corrected chi connectivity index (χ2v) is 4.00. The molecule has 2 aromatic heterocycles. The lowest BCUT2D eigenvalue weighted by Crippen LogP contribution is -1.91. The number of aromatic nitrogens is 4. The third-order valence-corrected chi connectivity index (χ3v) is 2.76. The van der Waals surface area contributed by atoms with Gasteiger partial charge in [-0.3, -0.25) is 0 Å². The molecule has 0 aliphatic carbocycles. The fourth-order valence-electron chi connectivity index (χ4n) is 1.86. The molecule has 0 bridgehead atoms. The van der Waals surface area contributed by atoms with Crippen molar-refractivity contribution in [3.63, 3.8) is 0 Å². The molecule has 0 unspecified atom stereocenters. The highest BCUT2D eigenvalue weighted by molar-refractivity contribution is 5.84. The van der Waals surface area contributed by atoms with Crippen LogP contribution in [-0.4, -0.2) is 26.5 Å². The Bertz CT molecular complexity index is 705. The lowest BCUT2D eigenvalue weighted by molar-refractivity contribution is 0.340. The fourth-order valence-corrected chi connectivity index (χ4v) is 1.86. The first-order valence-corrected chi connectivity index (χ1v) is 5.97. The van der Waals surface area contributed by atoms with Crippen molar-refractivity contribution >= 4 is 17.0 Å². The molecule has 2 heterocycles. The predicted octanol–water partition coefficient (Wildman–Crippen LogP) is 2.00. The molecular weight excluding hydrogens is 242 g/mol. The molecule has 0 spiro atoms. The molecular formula is C13H13N5O. The average Bonchev–Trinajstić information content (AvgIpc) is 2.85. The summed E-state index contributed by atoms with van der Waals surface area (Å²) in [7, 11) is 0. The first-order chi connectivity index (χ1) is 9.28. The van der Waals surface area contributed by atoms with Gasteiger partial charge in [-0.2, -0.15) is 0 Å². The lowest BCUT2D eigenvalue weighted by atomic mass is 10.2. The van der Waals surface area contributed by atoms with Gasteiger partial charge in [0.2, 0.25) is 0 Å². The minimum Gasteiger partial charge on any atom is -0.494 e. The van der Waals surface area contributed by atoms with Crippen molar-refractivity contribution < 1.29 is 4.74 Å². The zero-order valence-electron chi connectivity index (χ0n) is 10.4. The van der Waals surface area contributed by atoms with Crippen LogP contribution in [0.5, 0.6) is 5.75 Å². The number of ether oxygens (including phenoxy) is 1. The molecule has 3 N–H and O–H groups in total. The Kier molecular flexibility index (Phi) is 2.75. The van der Waals surface area contributed by atoms with Crippen LogP contribution in [0.1, 0.15) is 6.92 Å². The number of H-pyrrole nitrogens is 1. The monoisotopic (exact) mass is 255 g/mol. The van der Waals surface area contributed by atoms with Gasteiger partial charge in [-0.05, 0) is 31.2 Å². The molecule has 3 rings (SSSR count). The molecule has 96 valence electrons. The Morgan fingerprint density at radius 1 is 1.21 bits per heavy atom. The van der Waals surface area contributed by atoms with Crippen molar-refractivity contribution in [1.82, 2.24) is 19.9 Å². The van der Waals surface area contributed by atoms with E-state index in [0.717, 1.165) is 11.3 Å². The number of nitrogens with zero attached hydrogens (tertiary/aromatic N) is 3. The van der Waals surface area contributed by atoms with Crippen molar-refractivity contribution in [3.05, 3.63) is 30.6 Å². The number of aromatic amines is 1. The van der Waals surface area contributed by atoms with E-state index in [1.807, 2.05) is 31.2 Å². The number of imidazole rings is 1. The molecule has 19 heavy (non-hydrogen) atoms. The van der Waals surface area contributed by atoms with Crippen molar-refractivity contribution in [2.75, 3.05) is 12.3 Å². The first-order valence-electron chi connectivity index (χ1n) is 5.97. The third-order valence-electron chi connectivity index (χ3n) is 2.76. The van der Waals surface area contributed by atoms with E-state index in [4.69, 9.17) is 10.5 Å². The van der Waals surface area contributed by atoms with Crippen LogP contribution in [0.15, 0.2) is 30.6 Å². The van der Waals surface area contributed by atoms with Gasteiger partial charge in [0.05, 0.1) is 6.61 Å². The highest BCUT2D eigenvalue weighted by atomic mass is 16.5. The standard InChI is InChI=1S/C13H13N5O/c1-2-19-9-5-3-8(4-6-9)12-17-10-11(14)15-7-16-13(10)18-12/h3-7H,2H2,1H3,(H3,14,15,16,17,18). The number of nitrogen functional groups attached to an aromatic ring is 1. The Hall–Kier alpha value is -2.63. The normalized spacial score (nSPS) is 10.8. The number of anilines is 1. The van der Waals surface area contributed by atoms with Crippen LogP contribution in [0.3, 0.4) is 0 Å². The molecule has 0 saturated carbocycles. The van der Waals surface area contributed by atoms with Crippen LogP contribution in [0.25, 0.3) is 22.6 Å². The van der Waals surface area contributed by atoms with Crippen molar-refractivity contribution in [1.29, 1.82) is 0 Å². The SMILES string of the molecule is CCOc1ccc(-c2nc3ncnc(N)c3[nH]2)cc1. The number of nitrogens with two attached hydrogens (primary N) is 1. The van der Waals surface area contributed by atoms with Gasteiger partial charge in [0.15, 0.2) is 11.5 Å². The van der Waals surface area contributed by atoms with Crippen LogP contribution in [0.2, 0.25) is 0 Å². The van der Waals surface area contributed by atoms with Crippen LogP contribution >= 0.6 is 0 Å². The van der Waals surface area contributed by atoms with Crippen LogP contribution in [0.4, 0.5) is 5.82 Å². The van der Waals surface area contributed by atoms with Crippen LogP contribution < -0.4 is 10.5 Å². The van der Waals surface area contributed by atoms with E-state index in [9.17, 15) is 0 Å². The summed E-state index contributed by atoms with van der Waals surface area (Å²) in [4.78, 5) is 15.5. The second-order valence-electron chi connectivity index (χ2n) is 4.00. The van der Waals surface area contributed by atoms with Gasteiger partial charge in [-0.15, -0.1) is 0 Å². The summed E-state index contributed by atoms with van der Waals surface area (Å²) in [5.41, 5.74) is 7.94. The first kappa shape index (κ1) is 11.5. The zero-order valence-corrected chi connectivity index (χ0v) is 10.4. The van der Waals surface area contributed by atoms with Crippen LogP contribution in [-0.2, 0) is 0 Å². The van der Waals surface area contributed by atoms with Gasteiger partial charge in [-0.25, -0.2) is 15.0 Å². The van der Waals surface area contributed by atoms with Gasteiger partial charge in [0.25, 0.3) is 0 Å². The second kappa shape index (κ2) is 4.56. The summed E-state index contributed by atoms with van der Waals surface area (Å²) < 4.78 is 5.40. The van der Waals surface area contributed by atoms with Gasteiger partial charge in [0.1, 0.15) is 23.4 Å². The van der Waals surface area contributed by atoms with Gasteiger partial charge >= 0.3 is 0 Å². The van der Waals surface area contributed by atoms with Crippen LogP contribution in [0, 0.1) is 0 Å². The van der Waals surface area contributed by atoms with Crippen molar-refractivity contribution in [2.45, 2.75) is 6.92 Å². The molecule has 6 nitrogen and oxygen atoms in total. The van der Waals surface area contributed by atoms with E-state index in [1.54, 1.807) is 0 Å². The maximum Gasteiger partial charge on any atom is 0.183 e. The predicted molar refractivity (Wildman–Crippen MR) is 72.7 cm³/mol. The number of fused-ring (bicyclic) bond motifs is 1. The molecule has 0 fully saturated rings. The van der Waals surface area contributed by atoms with Crippen molar-refractivity contribution in [2.24, 2.45) is 0 Å². The molecule has 3 aromatic rings. The minimum absolute atomic E-state index is 0.398. The Morgan fingerprint density at radius 3 is 2.68 bits per heavy atom. The van der Waals surface area contributed by atoms with Crippen molar-refractivity contribution in [3.8, 4) is 17.1 Å². The number of benzene rings is 1. The third kappa shape index (κ3) is 2.08. The molecule has 0 aliphatic heterocycles. The smallest absolute Gasteiger partial charge is 0.183 e. The van der Waals surface area contributed by atoms with Gasteiger partial charge in [0, 0.05) is 5.56 Å². The molecule has 0 radical (unpaired) electrons. The Balaban J connectivity index is 2.01. The van der Waals surface area contributed by atoms with E-state index in [0.29, 0.717) is 29.4 Å². The quantitative estimate of drug-likeness (QED) is 0.747. The summed E-state index contributed by atoms with van der Waals surface area (Å²) in [6.45, 7) is 2.60. The maximum absolute atomic E-state index is 5.77. The molecule has 6 heteroatoms. The number of nitrogens with one attached hydrogen (secondary N) is 1. The molecule has 0 atom stereocenters. The number of rotatable bonds is 3. The van der Waals surface area contributed by atoms with Gasteiger partial charge < -0.3 is 15.5 Å². The molecule has 0 amide bonds. The Morgan fingerprint density at radius 2 is 2.00 bits per heavy atom. The van der Waals surface area contributed by atoms with Gasteiger partial charge in [-0.1, -0.05) is 0 Å². The summed E-state index contributed by atoms with van der Waals surface area (Å²) in [5.74, 6) is 1.95. The van der Waals surface area contributed by atoms with E-state index in [2.05, 4.69) is 19.9 Å². The number of hydrogen-bond donors (Lipinski definition) is 2. The summed E-state index contributed by atoms with van der Waals surface area (Å²) in [6.07, 6.45) is 1.40. The largest absolute Gasteiger partial charge is 0.494 e. The topological polar surface area (TPSA) is 89.7 Å². The lowest BCUT2D eigenvalue weighted by Gasteiger charge is -2.02. The zero-order chi connectivity index (χ0) is 13.2. The highest BCUT2D eigenvalue weighted by Crippen LogP contribution is 2.23. The molecule has 0 aliphatic rings. The maximum atomic E-state index is 5.77. The highest BCUT2D eigenvalue weighted by Gasteiger charge is 2.09. The number of hydrogen-bond acceptors (Lipinski definition) is 5. The fraction of sp³-hybridized carbons (Fsp3) is 0.154. The minimum atomic E-state index is 0.398. The Labute approximate surface area is 109 Å². The molecule has 0 saturated heterocycles. The van der Waals surface area contributed by atoms with E-state index < -0.39 is 0 Å². The summed E-state index contributed by atoms with van der Waals surface area (Å²) in [6, 6.07) is 7.68. The average molecular weight is 255 g/mol. The summed E-state index contributed by atoms with van der Waals surface area (Å²) >= 11 is 0. The van der Waals surface area contributed by atoms with E-state index in [-0.39, 0.29) is 0 Å². The molecule has 1 aromatic carbocycles. The summed E-state index contributed by atoms with van der Waals surface area (Å²) in [5, 5.41) is 0. The van der Waals surface area contributed by atoms with E-state index >= 15 is 0 Å². The van der Waals surface area contributed by atoms with E-state index in [1.165, 1.54) is 6.33 Å².